The minimum Gasteiger partial charge on any atom is -0.267 e. The van der Waals surface area contributed by atoms with Gasteiger partial charge in [-0.25, -0.2) is 13.2 Å². The molecule has 0 saturated carbocycles. The molecule has 0 saturated heterocycles. The van der Waals surface area contributed by atoms with E-state index in [1.54, 1.807) is 0 Å². The molecule has 0 N–H and O–H groups in total. The van der Waals surface area contributed by atoms with Crippen molar-refractivity contribution in [2.75, 3.05) is 0 Å². The molecule has 0 unspecified atom stereocenters. The monoisotopic (exact) mass is 946 g/mol. The van der Waals surface area contributed by atoms with E-state index in [1.807, 2.05) is 6.92 Å². The van der Waals surface area contributed by atoms with Gasteiger partial charge in [0.15, 0.2) is 5.92 Å². The summed E-state index contributed by atoms with van der Waals surface area (Å²) in [5.74, 6) is -7.08. The van der Waals surface area contributed by atoms with Crippen molar-refractivity contribution in [2.24, 2.45) is 0 Å². The fourth-order valence-electron chi connectivity index (χ4n) is 0.138. The van der Waals surface area contributed by atoms with Crippen LogP contribution in [-0.4, -0.2) is 5.92 Å². The van der Waals surface area contributed by atoms with Crippen LogP contribution in [0.3, 0.4) is 0 Å². The zero-order valence-electron chi connectivity index (χ0n) is 6.22. The second-order valence-electron chi connectivity index (χ2n) is 1.28. The van der Waals surface area contributed by atoms with Gasteiger partial charge in [-0.2, -0.15) is 8.78 Å². The topological polar surface area (TPSA) is 0 Å². The molecule has 0 aromatic rings. The van der Waals surface area contributed by atoms with Gasteiger partial charge in [0.2, 0.25) is 5.83 Å². The zero-order valence-corrected chi connectivity index (χ0v) is 25.4. The first-order valence-corrected chi connectivity index (χ1v) is 1.80. The molecule has 0 spiro atoms. The molecule has 0 fully saturated rings. The van der Waals surface area contributed by atoms with Crippen LogP contribution in [0.1, 0.15) is 0 Å². The van der Waals surface area contributed by atoms with Crippen LogP contribution in [0.4, 0.5) is 22.0 Å². The smallest absolute Gasteiger partial charge is 0.267 e. The molecule has 0 aliphatic carbocycles. The van der Waals surface area contributed by atoms with E-state index in [0.717, 1.165) is 0 Å². The third kappa shape index (κ3) is 4.55. The molecule has 0 aromatic carbocycles. The Labute approximate surface area is 48.0 Å². The number of allylic oxidation sites excluding steroid dienone is 1. The van der Waals surface area contributed by atoms with Crippen molar-refractivity contribution in [1.82, 2.24) is 0 Å². The molecule has 0 atom stereocenters. The van der Waals surface area contributed by atoms with Crippen LogP contribution in [0.15, 0.2) is 11.9 Å². The van der Waals surface area contributed by atoms with E-state index >= 15 is 0 Å². The maximum absolute atomic E-state index is 11.3. The van der Waals surface area contributed by atoms with Gasteiger partial charge in [-0.15, -0.1) is 0 Å². The van der Waals surface area contributed by atoms with Crippen LogP contribution < -0.4 is 0 Å². The Bertz CT molecular complexity index is 136. The molecule has 0 bridgehead atoms. The first-order valence-electron chi connectivity index (χ1n) is 1.80. The predicted octanol–water partition coefficient (Wildman–Crippen LogP) is 2.53. The summed E-state index contributed by atoms with van der Waals surface area (Å²) in [6.45, 7) is 1.85. The number of hydrogen-bond donors (Lipinski definition) is 0. The summed E-state index contributed by atoms with van der Waals surface area (Å²) >= 11 is 0. The minimum absolute atomic E-state index is 0. The Balaban J connectivity index is -0.000000107. The first kappa shape index (κ1) is 23.8. The molecule has 8 heteroatoms. The van der Waals surface area contributed by atoms with E-state index in [2.05, 4.69) is 0 Å². The van der Waals surface area contributed by atoms with Gasteiger partial charge in [0.05, 0.1) is 0 Å². The average molecular weight is 946 g/mol. The summed E-state index contributed by atoms with van der Waals surface area (Å²) in [7, 11) is 0. The Morgan fingerprint density at radius 1 is 0.917 bits per heavy atom. The van der Waals surface area contributed by atoms with Gasteiger partial charge in [-0.1, -0.05) is 0 Å². The number of alkyl halides is 2. The third-order valence-electron chi connectivity index (χ3n) is 0.487. The van der Waals surface area contributed by atoms with Gasteiger partial charge in [0.25, 0.3) is 0 Å². The van der Waals surface area contributed by atoms with Crippen LogP contribution in [-0.2, 0) is 0 Å². The summed E-state index contributed by atoms with van der Waals surface area (Å²) in [6.07, 6.45) is -3.03. The average Bonchev–Trinajstić information content (AvgIpc) is 1.62. The van der Waals surface area contributed by atoms with Gasteiger partial charge in [-0.05, 0) is 0 Å². The van der Waals surface area contributed by atoms with Gasteiger partial charge >= 0.3 is 6.08 Å². The summed E-state index contributed by atoms with van der Waals surface area (Å²) in [5, 5.41) is 0. The molecule has 0 aromatic heterocycles. The molecular weight excluding hydrogens is 944 g/mol. The SMILES string of the molecule is [CH2-]C(F)(F)C(F)=C(F)F.[Rf].[Rf].[Rf]. The molecule has 0 rings (SSSR count). The molecule has 0 heterocycles. The van der Waals surface area contributed by atoms with E-state index in [4.69, 9.17) is 0 Å². The molecule has 0 aliphatic rings. The van der Waals surface area contributed by atoms with E-state index < -0.39 is 17.8 Å². The van der Waals surface area contributed by atoms with E-state index in [1.165, 1.54) is 0 Å². The van der Waals surface area contributed by atoms with E-state index in [-0.39, 0.29) is 0 Å². The van der Waals surface area contributed by atoms with Crippen LogP contribution in [0, 0.1) is 6.92 Å². The second-order valence-corrected chi connectivity index (χ2v) is 1.28. The molecule has 12 heavy (non-hydrogen) atoms. The van der Waals surface area contributed by atoms with Crippen molar-refractivity contribution in [3.05, 3.63) is 18.8 Å². The van der Waals surface area contributed by atoms with Gasteiger partial charge < -0.3 is 0 Å². The molecule has 60 valence electrons. The fourth-order valence-corrected chi connectivity index (χ4v) is 0.138. The summed E-state index contributed by atoms with van der Waals surface area (Å²) in [6, 6.07) is 0. The standard InChI is InChI=1S/C4H2F5.3Rf/c1-4(8,9)2(5)3(6)7;;;/h1H2;;;/q-1;;;. The molecular formula is C4H2F5Rf3-. The van der Waals surface area contributed by atoms with Crippen molar-refractivity contribution in [3.8, 4) is 0 Å². The number of halogens is 5. The Morgan fingerprint density at radius 2 is 1.17 bits per heavy atom. The maximum Gasteiger partial charge on any atom is 0.304 e. The van der Waals surface area contributed by atoms with Crippen molar-refractivity contribution >= 4 is 0 Å². The van der Waals surface area contributed by atoms with Gasteiger partial charge in [-0.3, -0.25) is 6.92 Å². The van der Waals surface area contributed by atoms with Gasteiger partial charge in [0, 0.05) is 0 Å². The second kappa shape index (κ2) is 4.29. The summed E-state index contributed by atoms with van der Waals surface area (Å²) < 4.78 is 55.9. The predicted molar refractivity (Wildman–Crippen MR) is 20.7 cm³/mol. The molecule has 0 amide bonds. The van der Waals surface area contributed by atoms with Gasteiger partial charge in [0.1, 0.15) is 0 Å². The number of rotatable bonds is 1. The van der Waals surface area contributed by atoms with Crippen molar-refractivity contribution in [3.63, 3.8) is 0 Å². The minimum atomic E-state index is -4.31. The first-order chi connectivity index (χ1) is 3.85. The van der Waals surface area contributed by atoms with E-state index in [0.29, 0.717) is 0 Å². The Morgan fingerprint density at radius 3 is 1.17 bits per heavy atom. The Kier molecular flexibility index (Phi) is 8.49. The molecule has 0 nitrogen and oxygen atoms in total. The normalized spacial score (nSPS) is 8.50. The summed E-state index contributed by atoms with van der Waals surface area (Å²) in [4.78, 5) is 0. The summed E-state index contributed by atoms with van der Waals surface area (Å²) in [5.41, 5.74) is 0. The third-order valence-corrected chi connectivity index (χ3v) is 0.487. The Hall–Kier alpha value is -3.61. The molecule has 0 aliphatic heterocycles. The van der Waals surface area contributed by atoms with Crippen molar-refractivity contribution in [2.45, 2.75) is 5.92 Å². The molecule has 0 radical (unpaired) electrons. The van der Waals surface area contributed by atoms with Crippen LogP contribution in [0.5, 0.6) is 0 Å². The van der Waals surface area contributed by atoms with Crippen LogP contribution in [0.25, 0.3) is 0 Å². The zero-order chi connectivity index (χ0) is 7.65. The van der Waals surface area contributed by atoms with Crippen LogP contribution >= 0.6 is 0 Å². The maximum atomic E-state index is 11.3. The van der Waals surface area contributed by atoms with Crippen LogP contribution in [0.2, 0.25) is 0 Å². The van der Waals surface area contributed by atoms with Crippen molar-refractivity contribution in [1.29, 1.82) is 0 Å². The van der Waals surface area contributed by atoms with Crippen molar-refractivity contribution < 1.29 is 22.0 Å². The largest absolute Gasteiger partial charge is 0.304 e. The quantitative estimate of drug-likeness (QED) is 0.281. The number of hydrogen-bond acceptors (Lipinski definition) is 0. The fraction of sp³-hybridized carbons (Fsp3) is 0.250. The van der Waals surface area contributed by atoms with E-state index in [9.17, 15) is 22.0 Å².